The molecule has 0 aliphatic rings. The first-order valence-electron chi connectivity index (χ1n) is 3.12. The van der Waals surface area contributed by atoms with E-state index in [9.17, 15) is 4.79 Å². The van der Waals surface area contributed by atoms with E-state index in [1.165, 1.54) is 0 Å². The van der Waals surface area contributed by atoms with Gasteiger partial charge < -0.3 is 4.74 Å². The van der Waals surface area contributed by atoms with E-state index in [1.807, 2.05) is 0 Å². The third-order valence-corrected chi connectivity index (χ3v) is 2.00. The Balaban J connectivity index is 3.71. The fraction of sp³-hybridized carbons (Fsp3) is 0.833. The van der Waals surface area contributed by atoms with Crippen LogP contribution in [0.2, 0.25) is 0 Å². The Kier molecular flexibility index (Phi) is 4.99. The summed E-state index contributed by atoms with van der Waals surface area (Å²) in [6, 6.07) is 0. The van der Waals surface area contributed by atoms with Crippen molar-refractivity contribution in [1.29, 1.82) is 0 Å². The zero-order valence-corrected chi connectivity index (χ0v) is 7.86. The molecule has 0 N–H and O–H groups in total. The molecule has 0 aromatic carbocycles. The number of ether oxygens (including phenoxy) is 1. The quantitative estimate of drug-likeness (QED) is 0.390. The van der Waals surface area contributed by atoms with Crippen molar-refractivity contribution in [2.45, 2.75) is 18.4 Å². The van der Waals surface area contributed by atoms with Gasteiger partial charge >= 0.3 is 5.97 Å². The topological polar surface area (TPSA) is 26.3 Å². The highest BCUT2D eigenvalue weighted by atomic mass is 32.2. The van der Waals surface area contributed by atoms with Crippen LogP contribution < -0.4 is 0 Å². The fourth-order valence-electron chi connectivity index (χ4n) is 0.395. The minimum absolute atomic E-state index is 0.237. The van der Waals surface area contributed by atoms with E-state index in [1.54, 1.807) is 13.8 Å². The maximum absolute atomic E-state index is 10.9. The molecule has 0 heterocycles. The molecule has 0 fully saturated rings. The molecule has 0 aromatic rings. The summed E-state index contributed by atoms with van der Waals surface area (Å²) in [5.74, 6) is -0.482. The summed E-state index contributed by atoms with van der Waals surface area (Å²) < 4.78 is 4.49. The molecule has 1 atom stereocenters. The van der Waals surface area contributed by atoms with Gasteiger partial charge in [0.15, 0.2) is 0 Å². The second kappa shape index (κ2) is 4.91. The van der Waals surface area contributed by atoms with Crippen LogP contribution in [0.4, 0.5) is 0 Å². The number of thiol groups is 2. The molecule has 0 rings (SSSR count). The van der Waals surface area contributed by atoms with Crippen molar-refractivity contribution in [2.75, 3.05) is 6.61 Å². The molecule has 0 spiro atoms. The van der Waals surface area contributed by atoms with Crippen LogP contribution >= 0.6 is 25.3 Å². The summed E-state index contributed by atoms with van der Waals surface area (Å²) in [4.78, 5) is 10.9. The van der Waals surface area contributed by atoms with E-state index in [0.29, 0.717) is 6.61 Å². The summed E-state index contributed by atoms with van der Waals surface area (Å²) in [5, 5.41) is 0. The monoisotopic (exact) mass is 180 g/mol. The molecule has 0 aliphatic heterocycles. The van der Waals surface area contributed by atoms with Crippen LogP contribution in [0.5, 0.6) is 0 Å². The van der Waals surface area contributed by atoms with Crippen LogP contribution in [-0.4, -0.2) is 17.2 Å². The zero-order valence-electron chi connectivity index (χ0n) is 6.07. The van der Waals surface area contributed by atoms with Crippen LogP contribution in [0, 0.1) is 5.92 Å². The molecule has 0 bridgehead atoms. The van der Waals surface area contributed by atoms with Crippen LogP contribution in [0.15, 0.2) is 0 Å². The van der Waals surface area contributed by atoms with Gasteiger partial charge in [0.1, 0.15) is 0 Å². The first-order chi connectivity index (χ1) is 4.59. The van der Waals surface area contributed by atoms with E-state index in [4.69, 9.17) is 4.74 Å². The van der Waals surface area contributed by atoms with Crippen molar-refractivity contribution in [3.63, 3.8) is 0 Å². The second-order valence-electron chi connectivity index (χ2n) is 1.95. The van der Waals surface area contributed by atoms with Crippen molar-refractivity contribution in [1.82, 2.24) is 0 Å². The number of esters is 1. The SMILES string of the molecule is CCOC(=O)C(C)C(S)S. The molecule has 10 heavy (non-hydrogen) atoms. The lowest BCUT2D eigenvalue weighted by Gasteiger charge is -2.11. The molecular weight excluding hydrogens is 168 g/mol. The lowest BCUT2D eigenvalue weighted by Crippen LogP contribution is -2.20. The molecule has 0 saturated carbocycles. The number of hydrogen-bond acceptors (Lipinski definition) is 4. The molecule has 0 aliphatic carbocycles. The number of hydrogen-bond donors (Lipinski definition) is 2. The van der Waals surface area contributed by atoms with E-state index < -0.39 is 0 Å². The van der Waals surface area contributed by atoms with E-state index in [2.05, 4.69) is 25.3 Å². The van der Waals surface area contributed by atoms with Crippen LogP contribution in [-0.2, 0) is 9.53 Å². The number of rotatable bonds is 3. The zero-order chi connectivity index (χ0) is 8.15. The van der Waals surface area contributed by atoms with Crippen LogP contribution in [0.25, 0.3) is 0 Å². The minimum atomic E-state index is -0.244. The molecule has 0 aromatic heterocycles. The average molecular weight is 180 g/mol. The predicted octanol–water partition coefficient (Wildman–Crippen LogP) is 1.37. The summed E-state index contributed by atoms with van der Waals surface area (Å²) >= 11 is 7.98. The first kappa shape index (κ1) is 10.2. The highest BCUT2D eigenvalue weighted by Gasteiger charge is 2.18. The van der Waals surface area contributed by atoms with Gasteiger partial charge in [0, 0.05) is 0 Å². The van der Waals surface area contributed by atoms with Gasteiger partial charge in [-0.2, -0.15) is 25.3 Å². The Morgan fingerprint density at radius 1 is 1.60 bits per heavy atom. The van der Waals surface area contributed by atoms with Gasteiger partial charge in [0.25, 0.3) is 0 Å². The van der Waals surface area contributed by atoms with Gasteiger partial charge in [-0.25, -0.2) is 0 Å². The Labute approximate surface area is 72.1 Å². The van der Waals surface area contributed by atoms with Crippen molar-refractivity contribution in [3.05, 3.63) is 0 Å². The minimum Gasteiger partial charge on any atom is -0.466 e. The van der Waals surface area contributed by atoms with Crippen molar-refractivity contribution >= 4 is 31.2 Å². The Bertz CT molecular complexity index is 114. The molecular formula is C6H12O2S2. The smallest absolute Gasteiger partial charge is 0.310 e. The molecule has 60 valence electrons. The Morgan fingerprint density at radius 2 is 2.10 bits per heavy atom. The van der Waals surface area contributed by atoms with Crippen molar-refractivity contribution in [3.8, 4) is 0 Å². The van der Waals surface area contributed by atoms with Crippen molar-refractivity contribution < 1.29 is 9.53 Å². The molecule has 1 unspecified atom stereocenters. The van der Waals surface area contributed by atoms with Gasteiger partial charge in [-0.1, -0.05) is 6.92 Å². The maximum Gasteiger partial charge on any atom is 0.310 e. The lowest BCUT2D eigenvalue weighted by atomic mass is 10.2. The Hall–Kier alpha value is 0.170. The lowest BCUT2D eigenvalue weighted by molar-refractivity contribution is -0.146. The van der Waals surface area contributed by atoms with E-state index in [0.717, 1.165) is 0 Å². The van der Waals surface area contributed by atoms with E-state index >= 15 is 0 Å². The normalized spacial score (nSPS) is 13.3. The first-order valence-corrected chi connectivity index (χ1v) is 4.15. The second-order valence-corrected chi connectivity index (χ2v) is 3.47. The van der Waals surface area contributed by atoms with Gasteiger partial charge in [0.2, 0.25) is 0 Å². The Morgan fingerprint density at radius 3 is 2.40 bits per heavy atom. The van der Waals surface area contributed by atoms with E-state index in [-0.39, 0.29) is 16.5 Å². The maximum atomic E-state index is 10.9. The van der Waals surface area contributed by atoms with Gasteiger partial charge in [-0.05, 0) is 6.92 Å². The molecule has 0 amide bonds. The number of carbonyl (C=O) groups excluding carboxylic acids is 1. The van der Waals surface area contributed by atoms with Gasteiger partial charge in [0.05, 0.1) is 17.1 Å². The average Bonchev–Trinajstić information content (AvgIpc) is 1.87. The summed E-state index contributed by atoms with van der Waals surface area (Å²) in [6.45, 7) is 3.93. The molecule has 0 radical (unpaired) electrons. The molecule has 2 nitrogen and oxygen atoms in total. The summed E-state index contributed by atoms with van der Waals surface area (Å²) in [5.41, 5.74) is 0. The van der Waals surface area contributed by atoms with Gasteiger partial charge in [-0.15, -0.1) is 0 Å². The number of carbonyl (C=O) groups is 1. The highest BCUT2D eigenvalue weighted by molar-refractivity contribution is 7.99. The summed E-state index contributed by atoms with van der Waals surface area (Å²) in [6.07, 6.45) is 0. The van der Waals surface area contributed by atoms with Crippen molar-refractivity contribution in [2.24, 2.45) is 5.92 Å². The predicted molar refractivity (Wildman–Crippen MR) is 47.6 cm³/mol. The molecule has 4 heteroatoms. The standard InChI is InChI=1S/C6H12O2S2/c1-3-8-5(7)4(2)6(9)10/h4,6,9-10H,3H2,1-2H3. The van der Waals surface area contributed by atoms with Crippen LogP contribution in [0.3, 0.4) is 0 Å². The van der Waals surface area contributed by atoms with Crippen LogP contribution in [0.1, 0.15) is 13.8 Å². The largest absolute Gasteiger partial charge is 0.466 e. The fourth-order valence-corrected chi connectivity index (χ4v) is 0.639. The van der Waals surface area contributed by atoms with Gasteiger partial charge in [-0.3, -0.25) is 4.79 Å². The third-order valence-electron chi connectivity index (χ3n) is 1.11. The summed E-state index contributed by atoms with van der Waals surface area (Å²) in [7, 11) is 0. The highest BCUT2D eigenvalue weighted by Crippen LogP contribution is 2.14. The third kappa shape index (κ3) is 3.37. The molecule has 0 saturated heterocycles.